The second kappa shape index (κ2) is 9.75. The predicted molar refractivity (Wildman–Crippen MR) is 113 cm³/mol. The number of Topliss-reactive ketones (excluding diaryl/α,β-unsaturated/α-hetero) is 1. The molecular formula is C24H27FN2O4. The SMILES string of the molecule is CCCOc1cccc(C2C(=C([O-])c3ccc(F)cc3)C(=O)C(=O)N2CC[NH+](C)C)c1. The largest absolute Gasteiger partial charge is 0.872 e. The number of likely N-dealkylation sites (N-methyl/N-ethyl adjacent to an activating group) is 1. The number of carbonyl (C=O) groups is 2. The molecule has 3 rings (SSSR count). The molecular weight excluding hydrogens is 399 g/mol. The Hall–Kier alpha value is -3.19. The lowest BCUT2D eigenvalue weighted by atomic mass is 9.95. The van der Waals surface area contributed by atoms with E-state index in [1.165, 1.54) is 17.0 Å². The number of hydrogen-bond acceptors (Lipinski definition) is 4. The third-order valence-electron chi connectivity index (χ3n) is 5.14. The van der Waals surface area contributed by atoms with Crippen LogP contribution in [0.4, 0.5) is 4.39 Å². The van der Waals surface area contributed by atoms with Gasteiger partial charge in [0, 0.05) is 5.57 Å². The van der Waals surface area contributed by atoms with Crippen molar-refractivity contribution in [1.29, 1.82) is 0 Å². The summed E-state index contributed by atoms with van der Waals surface area (Å²) in [6, 6.07) is 11.3. The van der Waals surface area contributed by atoms with E-state index in [4.69, 9.17) is 4.74 Å². The van der Waals surface area contributed by atoms with Crippen LogP contribution < -0.4 is 14.7 Å². The van der Waals surface area contributed by atoms with E-state index in [0.29, 0.717) is 31.0 Å². The first-order valence-corrected chi connectivity index (χ1v) is 10.4. The van der Waals surface area contributed by atoms with Crippen LogP contribution in [-0.4, -0.2) is 50.4 Å². The molecule has 6 nitrogen and oxygen atoms in total. The molecule has 1 heterocycles. The molecule has 0 spiro atoms. The topological polar surface area (TPSA) is 74.1 Å². The van der Waals surface area contributed by atoms with Crippen molar-refractivity contribution in [1.82, 2.24) is 4.90 Å². The first kappa shape index (κ1) is 22.5. The van der Waals surface area contributed by atoms with Gasteiger partial charge in [0.1, 0.15) is 11.6 Å². The van der Waals surface area contributed by atoms with Crippen LogP contribution in [-0.2, 0) is 9.59 Å². The molecule has 0 radical (unpaired) electrons. The highest BCUT2D eigenvalue weighted by Crippen LogP contribution is 2.39. The van der Waals surface area contributed by atoms with Gasteiger partial charge in [-0.3, -0.25) is 9.59 Å². The van der Waals surface area contributed by atoms with Crippen molar-refractivity contribution in [3.8, 4) is 5.75 Å². The number of likely N-dealkylation sites (tertiary alicyclic amines) is 1. The molecule has 1 atom stereocenters. The van der Waals surface area contributed by atoms with Crippen molar-refractivity contribution in [3.63, 3.8) is 0 Å². The number of nitrogens with one attached hydrogen (secondary N) is 1. The lowest BCUT2D eigenvalue weighted by Crippen LogP contribution is -3.06. The Morgan fingerprint density at radius 3 is 2.52 bits per heavy atom. The average molecular weight is 426 g/mol. The van der Waals surface area contributed by atoms with Crippen LogP contribution in [0, 0.1) is 5.82 Å². The smallest absolute Gasteiger partial charge is 0.295 e. The van der Waals surface area contributed by atoms with Gasteiger partial charge in [0.15, 0.2) is 0 Å². The average Bonchev–Trinajstić information content (AvgIpc) is 3.01. The minimum absolute atomic E-state index is 0.113. The van der Waals surface area contributed by atoms with Gasteiger partial charge in [0.05, 0.1) is 39.8 Å². The summed E-state index contributed by atoms with van der Waals surface area (Å²) in [4.78, 5) is 28.3. The van der Waals surface area contributed by atoms with E-state index in [0.717, 1.165) is 23.5 Å². The standard InChI is InChI=1S/C24H27FN2O4/c1-4-14-31-19-7-5-6-17(15-19)21-20(22(28)16-8-10-18(25)11-9-16)23(29)24(30)27(21)13-12-26(2)3/h5-11,15,21,28H,4,12-14H2,1-3H3. The van der Waals surface area contributed by atoms with Crippen LogP contribution in [0.15, 0.2) is 54.1 Å². The first-order chi connectivity index (χ1) is 14.8. The molecule has 1 N–H and O–H groups in total. The van der Waals surface area contributed by atoms with Gasteiger partial charge < -0.3 is 19.6 Å². The maximum atomic E-state index is 13.3. The van der Waals surface area contributed by atoms with Gasteiger partial charge in [-0.15, -0.1) is 0 Å². The van der Waals surface area contributed by atoms with Crippen LogP contribution in [0.2, 0.25) is 0 Å². The van der Waals surface area contributed by atoms with Gasteiger partial charge >= 0.3 is 0 Å². The summed E-state index contributed by atoms with van der Waals surface area (Å²) in [5.74, 6) is -1.95. The lowest BCUT2D eigenvalue weighted by molar-refractivity contribution is -0.857. The zero-order chi connectivity index (χ0) is 22.5. The van der Waals surface area contributed by atoms with Gasteiger partial charge in [-0.2, -0.15) is 0 Å². The molecule has 1 fully saturated rings. The molecule has 0 bridgehead atoms. The number of ether oxygens (including phenoxy) is 1. The lowest BCUT2D eigenvalue weighted by Gasteiger charge is -2.28. The fraction of sp³-hybridized carbons (Fsp3) is 0.333. The van der Waals surface area contributed by atoms with Crippen LogP contribution in [0.1, 0.15) is 30.5 Å². The summed E-state index contributed by atoms with van der Waals surface area (Å²) in [6.45, 7) is 3.46. The van der Waals surface area contributed by atoms with E-state index in [2.05, 4.69) is 0 Å². The molecule has 2 aromatic carbocycles. The molecule has 0 saturated carbocycles. The van der Waals surface area contributed by atoms with Crippen LogP contribution in [0.3, 0.4) is 0 Å². The molecule has 1 saturated heterocycles. The number of quaternary nitrogens is 1. The summed E-state index contributed by atoms with van der Waals surface area (Å²) in [5.41, 5.74) is 0.686. The summed E-state index contributed by atoms with van der Waals surface area (Å²) in [7, 11) is 3.90. The quantitative estimate of drug-likeness (QED) is 0.388. The minimum Gasteiger partial charge on any atom is -0.872 e. The Morgan fingerprint density at radius 1 is 1.16 bits per heavy atom. The van der Waals surface area contributed by atoms with Crippen molar-refractivity contribution in [3.05, 3.63) is 71.0 Å². The normalized spacial score (nSPS) is 18.1. The fourth-order valence-corrected chi connectivity index (χ4v) is 3.54. The summed E-state index contributed by atoms with van der Waals surface area (Å²) >= 11 is 0. The fourth-order valence-electron chi connectivity index (χ4n) is 3.54. The number of carbonyl (C=O) groups excluding carboxylic acids is 2. The maximum absolute atomic E-state index is 13.3. The Balaban J connectivity index is 2.11. The minimum atomic E-state index is -0.818. The number of ketones is 1. The Labute approximate surface area is 181 Å². The van der Waals surface area contributed by atoms with Crippen LogP contribution in [0.25, 0.3) is 5.76 Å². The number of amides is 1. The van der Waals surface area contributed by atoms with Gasteiger partial charge in [-0.25, -0.2) is 4.39 Å². The zero-order valence-electron chi connectivity index (χ0n) is 18.0. The number of nitrogens with zero attached hydrogens (tertiary/aromatic N) is 1. The molecule has 1 aliphatic heterocycles. The molecule has 7 heteroatoms. The monoisotopic (exact) mass is 426 g/mol. The van der Waals surface area contributed by atoms with E-state index in [1.807, 2.05) is 21.0 Å². The van der Waals surface area contributed by atoms with Crippen molar-refractivity contribution >= 4 is 17.4 Å². The summed E-state index contributed by atoms with van der Waals surface area (Å²) in [5, 5.41) is 13.2. The van der Waals surface area contributed by atoms with Gasteiger partial charge in [-0.1, -0.05) is 36.9 Å². The molecule has 1 unspecified atom stereocenters. The van der Waals surface area contributed by atoms with Gasteiger partial charge in [0.2, 0.25) is 5.78 Å². The van der Waals surface area contributed by atoms with Gasteiger partial charge in [-0.05, 0) is 41.8 Å². The molecule has 1 amide bonds. The van der Waals surface area contributed by atoms with E-state index in [1.54, 1.807) is 24.3 Å². The molecule has 31 heavy (non-hydrogen) atoms. The second-order valence-corrected chi connectivity index (χ2v) is 7.86. The van der Waals surface area contributed by atoms with Crippen molar-refractivity contribution in [2.75, 3.05) is 33.8 Å². The molecule has 1 aliphatic rings. The molecule has 2 aromatic rings. The molecule has 0 aromatic heterocycles. The number of benzene rings is 2. The number of hydrogen-bond donors (Lipinski definition) is 1. The van der Waals surface area contributed by atoms with Crippen molar-refractivity contribution in [2.45, 2.75) is 19.4 Å². The van der Waals surface area contributed by atoms with E-state index in [-0.39, 0.29) is 11.1 Å². The number of halogens is 1. The highest BCUT2D eigenvalue weighted by Gasteiger charge is 2.44. The van der Waals surface area contributed by atoms with E-state index in [9.17, 15) is 19.1 Å². The highest BCUT2D eigenvalue weighted by molar-refractivity contribution is 6.46. The molecule has 0 aliphatic carbocycles. The van der Waals surface area contributed by atoms with E-state index < -0.39 is 29.3 Å². The highest BCUT2D eigenvalue weighted by atomic mass is 19.1. The summed E-state index contributed by atoms with van der Waals surface area (Å²) < 4.78 is 19.0. The summed E-state index contributed by atoms with van der Waals surface area (Å²) in [6.07, 6.45) is 0.836. The van der Waals surface area contributed by atoms with E-state index >= 15 is 0 Å². The first-order valence-electron chi connectivity index (χ1n) is 10.4. The molecule has 164 valence electrons. The maximum Gasteiger partial charge on any atom is 0.295 e. The third kappa shape index (κ3) is 4.94. The Kier molecular flexibility index (Phi) is 7.07. The van der Waals surface area contributed by atoms with Gasteiger partial charge in [0.25, 0.3) is 5.91 Å². The van der Waals surface area contributed by atoms with Crippen molar-refractivity contribution in [2.24, 2.45) is 0 Å². The van der Waals surface area contributed by atoms with Crippen LogP contribution in [0.5, 0.6) is 5.75 Å². The zero-order valence-corrected chi connectivity index (χ0v) is 18.0. The number of rotatable bonds is 8. The van der Waals surface area contributed by atoms with Crippen molar-refractivity contribution < 1.29 is 28.7 Å². The predicted octanol–water partition coefficient (Wildman–Crippen LogP) is 0.983. The van der Waals surface area contributed by atoms with Crippen LogP contribution >= 0.6 is 0 Å². The Morgan fingerprint density at radius 2 is 1.87 bits per heavy atom. The third-order valence-corrected chi connectivity index (χ3v) is 5.14. The Bertz CT molecular complexity index is 985. The second-order valence-electron chi connectivity index (χ2n) is 7.86.